The SMILES string of the molecule is O=C(NCC(=O)N1CCc2ccccc2C1)C1CCC(C2CCC2)NC1. The summed E-state index contributed by atoms with van der Waals surface area (Å²) >= 11 is 0. The minimum absolute atomic E-state index is 0.00112. The Balaban J connectivity index is 1.21. The number of carbonyl (C=O) groups excluding carboxylic acids is 2. The van der Waals surface area contributed by atoms with Gasteiger partial charge in [0.05, 0.1) is 12.5 Å². The molecule has 2 aliphatic heterocycles. The first-order chi connectivity index (χ1) is 12.7. The molecule has 1 aromatic carbocycles. The molecule has 26 heavy (non-hydrogen) atoms. The minimum Gasteiger partial charge on any atom is -0.347 e. The van der Waals surface area contributed by atoms with Gasteiger partial charge in [0, 0.05) is 25.7 Å². The second-order valence-corrected chi connectivity index (χ2v) is 8.03. The van der Waals surface area contributed by atoms with Crippen molar-refractivity contribution in [2.45, 2.75) is 51.1 Å². The van der Waals surface area contributed by atoms with Crippen LogP contribution < -0.4 is 10.6 Å². The summed E-state index contributed by atoms with van der Waals surface area (Å²) in [6, 6.07) is 8.87. The second-order valence-electron chi connectivity index (χ2n) is 8.03. The molecule has 1 aliphatic carbocycles. The van der Waals surface area contributed by atoms with E-state index in [4.69, 9.17) is 0 Å². The van der Waals surface area contributed by atoms with Gasteiger partial charge in [-0.2, -0.15) is 0 Å². The molecule has 2 amide bonds. The van der Waals surface area contributed by atoms with Crippen LogP contribution in [0.5, 0.6) is 0 Å². The molecule has 2 N–H and O–H groups in total. The molecular formula is C21H29N3O2. The lowest BCUT2D eigenvalue weighted by Crippen LogP contribution is -2.50. The molecule has 1 saturated heterocycles. The Hall–Kier alpha value is -1.88. The molecule has 140 valence electrons. The zero-order chi connectivity index (χ0) is 17.9. The molecule has 2 heterocycles. The number of piperidine rings is 1. The number of benzene rings is 1. The molecule has 2 unspecified atom stereocenters. The number of fused-ring (bicyclic) bond motifs is 1. The Kier molecular flexibility index (Phi) is 5.25. The quantitative estimate of drug-likeness (QED) is 0.867. The standard InChI is InChI=1S/C21H29N3O2/c25-20(24-11-10-15-4-1-2-5-18(15)14-24)13-23-21(26)17-8-9-19(22-12-17)16-6-3-7-16/h1-2,4-5,16-17,19,22H,3,6-14H2,(H,23,26). The van der Waals surface area contributed by atoms with Crippen LogP contribution in [0.2, 0.25) is 0 Å². The summed E-state index contributed by atoms with van der Waals surface area (Å²) in [5.74, 6) is 0.864. The lowest BCUT2D eigenvalue weighted by molar-refractivity contribution is -0.134. The van der Waals surface area contributed by atoms with Gasteiger partial charge >= 0.3 is 0 Å². The summed E-state index contributed by atoms with van der Waals surface area (Å²) in [6.45, 7) is 2.25. The Bertz CT molecular complexity index is 663. The van der Waals surface area contributed by atoms with Crippen molar-refractivity contribution < 1.29 is 9.59 Å². The summed E-state index contributed by atoms with van der Waals surface area (Å²) in [5, 5.41) is 6.43. The largest absolute Gasteiger partial charge is 0.347 e. The maximum atomic E-state index is 12.5. The van der Waals surface area contributed by atoms with Crippen LogP contribution in [0.3, 0.4) is 0 Å². The van der Waals surface area contributed by atoms with Crippen molar-refractivity contribution in [1.29, 1.82) is 0 Å². The van der Waals surface area contributed by atoms with Crippen LogP contribution in [0.1, 0.15) is 43.2 Å². The van der Waals surface area contributed by atoms with Crippen LogP contribution in [-0.2, 0) is 22.6 Å². The molecule has 2 atom stereocenters. The Morgan fingerprint density at radius 2 is 1.92 bits per heavy atom. The Labute approximate surface area is 155 Å². The van der Waals surface area contributed by atoms with Crippen LogP contribution in [-0.4, -0.2) is 42.4 Å². The number of hydrogen-bond donors (Lipinski definition) is 2. The third-order valence-corrected chi connectivity index (χ3v) is 6.44. The van der Waals surface area contributed by atoms with Crippen LogP contribution in [0.25, 0.3) is 0 Å². The van der Waals surface area contributed by atoms with Crippen molar-refractivity contribution in [2.75, 3.05) is 19.6 Å². The topological polar surface area (TPSA) is 61.4 Å². The zero-order valence-electron chi connectivity index (χ0n) is 15.4. The van der Waals surface area contributed by atoms with Gasteiger partial charge in [-0.05, 0) is 49.1 Å². The average molecular weight is 355 g/mol. The molecule has 0 aromatic heterocycles. The van der Waals surface area contributed by atoms with Gasteiger partial charge in [0.2, 0.25) is 11.8 Å². The summed E-state index contributed by atoms with van der Waals surface area (Å²) in [6.07, 6.45) is 6.94. The monoisotopic (exact) mass is 355 g/mol. The Morgan fingerprint density at radius 1 is 1.12 bits per heavy atom. The fourth-order valence-electron chi connectivity index (χ4n) is 4.47. The van der Waals surface area contributed by atoms with Crippen molar-refractivity contribution in [3.8, 4) is 0 Å². The second kappa shape index (κ2) is 7.78. The first-order valence-electron chi connectivity index (χ1n) is 10.1. The van der Waals surface area contributed by atoms with Gasteiger partial charge in [-0.15, -0.1) is 0 Å². The summed E-state index contributed by atoms with van der Waals surface area (Å²) in [7, 11) is 0. The number of carbonyl (C=O) groups is 2. The minimum atomic E-state index is 0.00112. The lowest BCUT2D eigenvalue weighted by atomic mass is 9.76. The predicted molar refractivity (Wildman–Crippen MR) is 100 cm³/mol. The molecule has 3 aliphatic rings. The molecule has 4 rings (SSSR count). The maximum absolute atomic E-state index is 12.5. The van der Waals surface area contributed by atoms with Gasteiger partial charge in [-0.1, -0.05) is 30.7 Å². The van der Waals surface area contributed by atoms with Crippen molar-refractivity contribution in [2.24, 2.45) is 11.8 Å². The van der Waals surface area contributed by atoms with E-state index in [-0.39, 0.29) is 24.3 Å². The molecular weight excluding hydrogens is 326 g/mol. The highest BCUT2D eigenvalue weighted by atomic mass is 16.2. The van der Waals surface area contributed by atoms with Crippen molar-refractivity contribution in [3.05, 3.63) is 35.4 Å². The highest BCUT2D eigenvalue weighted by Gasteiger charge is 2.33. The number of nitrogens with zero attached hydrogens (tertiary/aromatic N) is 1. The van der Waals surface area contributed by atoms with Crippen molar-refractivity contribution >= 4 is 11.8 Å². The molecule has 0 radical (unpaired) electrons. The maximum Gasteiger partial charge on any atom is 0.242 e. The first kappa shape index (κ1) is 17.5. The Morgan fingerprint density at radius 3 is 2.62 bits per heavy atom. The molecule has 5 heteroatoms. The van der Waals surface area contributed by atoms with Gasteiger partial charge in [-0.25, -0.2) is 0 Å². The van der Waals surface area contributed by atoms with Crippen LogP contribution in [0, 0.1) is 11.8 Å². The molecule has 0 bridgehead atoms. The lowest BCUT2D eigenvalue weighted by Gasteiger charge is -2.38. The predicted octanol–water partition coefficient (Wildman–Crippen LogP) is 1.86. The van der Waals surface area contributed by atoms with E-state index in [1.165, 1.54) is 30.4 Å². The average Bonchev–Trinajstić information content (AvgIpc) is 2.64. The van der Waals surface area contributed by atoms with E-state index in [2.05, 4.69) is 22.8 Å². The van der Waals surface area contributed by atoms with E-state index in [0.29, 0.717) is 12.6 Å². The van der Waals surface area contributed by atoms with Gasteiger partial charge in [-0.3, -0.25) is 9.59 Å². The fraction of sp³-hybridized carbons (Fsp3) is 0.619. The zero-order valence-corrected chi connectivity index (χ0v) is 15.4. The number of hydrogen-bond acceptors (Lipinski definition) is 3. The van der Waals surface area contributed by atoms with Crippen LogP contribution in [0.4, 0.5) is 0 Å². The highest BCUT2D eigenvalue weighted by Crippen LogP contribution is 2.33. The number of rotatable bonds is 4. The van der Waals surface area contributed by atoms with E-state index in [0.717, 1.165) is 38.3 Å². The van der Waals surface area contributed by atoms with Crippen LogP contribution >= 0.6 is 0 Å². The highest BCUT2D eigenvalue weighted by molar-refractivity contribution is 5.86. The van der Waals surface area contributed by atoms with Gasteiger partial charge in [0.1, 0.15) is 0 Å². The van der Waals surface area contributed by atoms with E-state index in [9.17, 15) is 9.59 Å². The molecule has 1 aromatic rings. The smallest absolute Gasteiger partial charge is 0.242 e. The summed E-state index contributed by atoms with van der Waals surface area (Å²) in [5.41, 5.74) is 2.55. The third-order valence-electron chi connectivity index (χ3n) is 6.44. The first-order valence-corrected chi connectivity index (χ1v) is 10.1. The van der Waals surface area contributed by atoms with Crippen molar-refractivity contribution in [3.63, 3.8) is 0 Å². The van der Waals surface area contributed by atoms with Crippen LogP contribution in [0.15, 0.2) is 24.3 Å². The van der Waals surface area contributed by atoms with Gasteiger partial charge < -0.3 is 15.5 Å². The summed E-state index contributed by atoms with van der Waals surface area (Å²) < 4.78 is 0. The number of amides is 2. The fourth-order valence-corrected chi connectivity index (χ4v) is 4.47. The van der Waals surface area contributed by atoms with Gasteiger partial charge in [0.25, 0.3) is 0 Å². The number of nitrogens with one attached hydrogen (secondary N) is 2. The van der Waals surface area contributed by atoms with E-state index < -0.39 is 0 Å². The molecule has 1 saturated carbocycles. The van der Waals surface area contributed by atoms with E-state index in [1.54, 1.807) is 0 Å². The third kappa shape index (κ3) is 3.78. The summed E-state index contributed by atoms with van der Waals surface area (Å²) in [4.78, 5) is 26.8. The normalized spacial score (nSPS) is 25.9. The van der Waals surface area contributed by atoms with Gasteiger partial charge in [0.15, 0.2) is 0 Å². The molecule has 5 nitrogen and oxygen atoms in total. The van der Waals surface area contributed by atoms with Crippen molar-refractivity contribution in [1.82, 2.24) is 15.5 Å². The van der Waals surface area contributed by atoms with E-state index in [1.807, 2.05) is 17.0 Å². The van der Waals surface area contributed by atoms with E-state index >= 15 is 0 Å². The molecule has 0 spiro atoms. The molecule has 2 fully saturated rings.